The van der Waals surface area contributed by atoms with E-state index in [-0.39, 0.29) is 18.2 Å². The molecule has 18 heavy (non-hydrogen) atoms. The maximum absolute atomic E-state index is 11.7. The Morgan fingerprint density at radius 2 is 2.11 bits per heavy atom. The van der Waals surface area contributed by atoms with Crippen LogP contribution in [0.2, 0.25) is 5.02 Å². The number of halogens is 1. The molecular weight excluding hydrogens is 254 g/mol. The minimum absolute atomic E-state index is 0.138. The third kappa shape index (κ3) is 2.24. The van der Waals surface area contributed by atoms with Gasteiger partial charge in [-0.1, -0.05) is 17.7 Å². The number of hydrogen-bond acceptors (Lipinski definition) is 3. The number of carbonyl (C=O) groups excluding carboxylic acids is 2. The number of amides is 2. The molecule has 1 aliphatic heterocycles. The number of likely N-dealkylation sites (tertiary alicyclic amines) is 1. The number of methoxy groups -OCH3 is 1. The maximum Gasteiger partial charge on any atom is 0.256 e. The van der Waals surface area contributed by atoms with E-state index >= 15 is 0 Å². The molecule has 2 rings (SSSR count). The number of imide groups is 1. The van der Waals surface area contributed by atoms with Gasteiger partial charge in [0.25, 0.3) is 5.91 Å². The summed E-state index contributed by atoms with van der Waals surface area (Å²) in [6, 6.07) is 5.21. The van der Waals surface area contributed by atoms with Gasteiger partial charge in [-0.3, -0.25) is 14.5 Å². The largest absolute Gasteiger partial charge is 0.495 e. The molecule has 1 aliphatic rings. The van der Waals surface area contributed by atoms with Gasteiger partial charge in [-0.15, -0.1) is 0 Å². The zero-order valence-corrected chi connectivity index (χ0v) is 10.8. The van der Waals surface area contributed by atoms with Gasteiger partial charge < -0.3 is 4.74 Å². The van der Waals surface area contributed by atoms with E-state index in [1.165, 1.54) is 14.2 Å². The fourth-order valence-corrected chi connectivity index (χ4v) is 2.04. The Bertz CT molecular complexity index is 551. The number of rotatable bonds is 2. The summed E-state index contributed by atoms with van der Waals surface area (Å²) in [5.41, 5.74) is 1.25. The van der Waals surface area contributed by atoms with Crippen LogP contribution in [0.4, 0.5) is 0 Å². The summed E-state index contributed by atoms with van der Waals surface area (Å²) in [7, 11) is 3.01. The molecule has 4 nitrogen and oxygen atoms in total. The molecule has 1 aromatic rings. The lowest BCUT2D eigenvalue weighted by molar-refractivity contribution is -0.135. The zero-order valence-electron chi connectivity index (χ0n) is 10.1. The van der Waals surface area contributed by atoms with Crippen molar-refractivity contribution in [1.29, 1.82) is 0 Å². The Kier molecular flexibility index (Phi) is 3.39. The van der Waals surface area contributed by atoms with E-state index in [4.69, 9.17) is 16.3 Å². The second kappa shape index (κ2) is 4.82. The van der Waals surface area contributed by atoms with Gasteiger partial charge in [-0.05, 0) is 23.8 Å². The standard InChI is InChI=1S/C13H12ClNO3/c1-15-12(16)7-9(13(15)17)5-8-3-4-11(18-2)10(14)6-8/h3-6H,7H2,1-2H3/b9-5+. The highest BCUT2D eigenvalue weighted by atomic mass is 35.5. The van der Waals surface area contributed by atoms with Gasteiger partial charge in [0.1, 0.15) is 5.75 Å². The lowest BCUT2D eigenvalue weighted by Gasteiger charge is -2.04. The molecular formula is C13H12ClNO3. The van der Waals surface area contributed by atoms with Crippen molar-refractivity contribution in [3.63, 3.8) is 0 Å². The number of benzene rings is 1. The molecule has 1 saturated heterocycles. The molecule has 0 radical (unpaired) electrons. The molecule has 1 heterocycles. The average Bonchev–Trinajstić information content (AvgIpc) is 2.57. The minimum Gasteiger partial charge on any atom is -0.495 e. The van der Waals surface area contributed by atoms with Crippen molar-refractivity contribution in [3.8, 4) is 5.75 Å². The zero-order chi connectivity index (χ0) is 13.3. The fourth-order valence-electron chi connectivity index (χ4n) is 1.77. The van der Waals surface area contributed by atoms with Crippen LogP contribution < -0.4 is 4.74 Å². The fraction of sp³-hybridized carbons (Fsp3) is 0.231. The molecule has 0 atom stereocenters. The number of ether oxygens (including phenoxy) is 1. The minimum atomic E-state index is -0.257. The van der Waals surface area contributed by atoms with Gasteiger partial charge >= 0.3 is 0 Å². The molecule has 0 aliphatic carbocycles. The first-order valence-electron chi connectivity index (χ1n) is 5.38. The van der Waals surface area contributed by atoms with Crippen LogP contribution in [0.3, 0.4) is 0 Å². The van der Waals surface area contributed by atoms with Gasteiger partial charge in [0.15, 0.2) is 0 Å². The van der Waals surface area contributed by atoms with Crippen LogP contribution >= 0.6 is 11.6 Å². The molecule has 1 aromatic carbocycles. The van der Waals surface area contributed by atoms with Crippen molar-refractivity contribution < 1.29 is 14.3 Å². The van der Waals surface area contributed by atoms with E-state index in [1.54, 1.807) is 24.3 Å². The summed E-state index contributed by atoms with van der Waals surface area (Å²) < 4.78 is 5.04. The maximum atomic E-state index is 11.7. The lowest BCUT2D eigenvalue weighted by Crippen LogP contribution is -2.23. The van der Waals surface area contributed by atoms with Crippen LogP contribution in [-0.4, -0.2) is 30.9 Å². The Hall–Kier alpha value is -1.81. The molecule has 94 valence electrons. The summed E-state index contributed by atoms with van der Waals surface area (Å²) in [5, 5.41) is 0.469. The first-order valence-corrected chi connectivity index (χ1v) is 5.75. The molecule has 5 heteroatoms. The molecule has 2 amide bonds. The summed E-state index contributed by atoms with van der Waals surface area (Å²) in [5.74, 6) is 0.127. The Labute approximate surface area is 110 Å². The second-order valence-corrected chi connectivity index (χ2v) is 4.41. The van der Waals surface area contributed by atoms with Crippen molar-refractivity contribution in [2.24, 2.45) is 0 Å². The van der Waals surface area contributed by atoms with E-state index in [9.17, 15) is 9.59 Å². The highest BCUT2D eigenvalue weighted by molar-refractivity contribution is 6.32. The molecule has 0 aromatic heterocycles. The monoisotopic (exact) mass is 265 g/mol. The van der Waals surface area contributed by atoms with Crippen LogP contribution in [0.1, 0.15) is 12.0 Å². The quantitative estimate of drug-likeness (QED) is 0.608. The molecule has 0 N–H and O–H groups in total. The Morgan fingerprint density at radius 3 is 2.61 bits per heavy atom. The van der Waals surface area contributed by atoms with Gasteiger partial charge in [-0.2, -0.15) is 0 Å². The van der Waals surface area contributed by atoms with E-state index < -0.39 is 0 Å². The summed E-state index contributed by atoms with van der Waals surface area (Å²) in [6.07, 6.45) is 1.81. The van der Waals surface area contributed by atoms with E-state index in [0.717, 1.165) is 10.5 Å². The summed E-state index contributed by atoms with van der Waals surface area (Å²) in [6.45, 7) is 0. The second-order valence-electron chi connectivity index (χ2n) is 4.00. The summed E-state index contributed by atoms with van der Waals surface area (Å²) >= 11 is 5.99. The molecule has 0 saturated carbocycles. The summed E-state index contributed by atoms with van der Waals surface area (Å²) in [4.78, 5) is 24.2. The predicted molar refractivity (Wildman–Crippen MR) is 68.4 cm³/mol. The van der Waals surface area contributed by atoms with Gasteiger partial charge in [-0.25, -0.2) is 0 Å². The van der Waals surface area contributed by atoms with Gasteiger partial charge in [0, 0.05) is 12.6 Å². The third-order valence-corrected chi connectivity index (χ3v) is 3.11. The van der Waals surface area contributed by atoms with Crippen molar-refractivity contribution in [1.82, 2.24) is 4.90 Å². The van der Waals surface area contributed by atoms with Crippen LogP contribution in [0.5, 0.6) is 5.75 Å². The van der Waals surface area contributed by atoms with Crippen LogP contribution in [-0.2, 0) is 9.59 Å². The van der Waals surface area contributed by atoms with Crippen molar-refractivity contribution in [2.75, 3.05) is 14.2 Å². The predicted octanol–water partition coefficient (Wildman–Crippen LogP) is 2.12. The van der Waals surface area contributed by atoms with Crippen molar-refractivity contribution >= 4 is 29.5 Å². The Balaban J connectivity index is 2.32. The SMILES string of the molecule is COc1ccc(/C=C2\CC(=O)N(C)C2=O)cc1Cl. The Morgan fingerprint density at radius 1 is 1.39 bits per heavy atom. The van der Waals surface area contributed by atoms with Crippen LogP contribution in [0.25, 0.3) is 6.08 Å². The average molecular weight is 266 g/mol. The normalized spacial score (nSPS) is 17.7. The van der Waals surface area contributed by atoms with E-state index in [2.05, 4.69) is 0 Å². The third-order valence-electron chi connectivity index (χ3n) is 2.81. The van der Waals surface area contributed by atoms with Crippen molar-refractivity contribution in [2.45, 2.75) is 6.42 Å². The first-order chi connectivity index (χ1) is 8.52. The topological polar surface area (TPSA) is 46.6 Å². The first kappa shape index (κ1) is 12.6. The highest BCUT2D eigenvalue weighted by Crippen LogP contribution is 2.27. The molecule has 0 unspecified atom stereocenters. The van der Waals surface area contributed by atoms with Gasteiger partial charge in [0.2, 0.25) is 5.91 Å². The number of likely N-dealkylation sites (N-methyl/N-ethyl adjacent to an activating group) is 1. The molecule has 1 fully saturated rings. The number of nitrogens with zero attached hydrogens (tertiary/aromatic N) is 1. The smallest absolute Gasteiger partial charge is 0.256 e. The number of carbonyl (C=O) groups is 2. The lowest BCUT2D eigenvalue weighted by atomic mass is 10.1. The van der Waals surface area contributed by atoms with E-state index in [1.807, 2.05) is 0 Å². The van der Waals surface area contributed by atoms with Gasteiger partial charge in [0.05, 0.1) is 18.6 Å². The van der Waals surface area contributed by atoms with Crippen LogP contribution in [0, 0.1) is 0 Å². The number of hydrogen-bond donors (Lipinski definition) is 0. The molecule has 0 bridgehead atoms. The van der Waals surface area contributed by atoms with Crippen molar-refractivity contribution in [3.05, 3.63) is 34.4 Å². The molecule has 0 spiro atoms. The highest BCUT2D eigenvalue weighted by Gasteiger charge is 2.30. The van der Waals surface area contributed by atoms with E-state index in [0.29, 0.717) is 16.3 Å². The van der Waals surface area contributed by atoms with Crippen LogP contribution in [0.15, 0.2) is 23.8 Å².